The summed E-state index contributed by atoms with van der Waals surface area (Å²) in [6, 6.07) is 97.0. The number of hydrogen-bond acceptors (Lipinski definition) is 4. The quantitative estimate of drug-likeness (QED) is 0.142. The van der Waals surface area contributed by atoms with Crippen LogP contribution in [0.4, 0.5) is 34.1 Å². The molecule has 0 N–H and O–H groups in total. The highest BCUT2D eigenvalue weighted by molar-refractivity contribution is 7.00. The Bertz CT molecular complexity index is 4340. The summed E-state index contributed by atoms with van der Waals surface area (Å²) in [6.07, 6.45) is 0. The van der Waals surface area contributed by atoms with Gasteiger partial charge in [-0.2, -0.15) is 0 Å². The van der Waals surface area contributed by atoms with Crippen LogP contribution in [0.3, 0.4) is 0 Å². The first-order valence-corrected chi connectivity index (χ1v) is 26.8. The first-order valence-electron chi connectivity index (χ1n) is 26.8. The van der Waals surface area contributed by atoms with Crippen LogP contribution in [-0.4, -0.2) is 21.2 Å². The van der Waals surface area contributed by atoms with E-state index in [-0.39, 0.29) is 6.71 Å². The molecular formula is C72H50BN5. The van der Waals surface area contributed by atoms with Crippen LogP contribution in [-0.2, 0) is 0 Å². The Morgan fingerprint density at radius 3 is 1.37 bits per heavy atom. The van der Waals surface area contributed by atoms with Crippen LogP contribution in [0.5, 0.6) is 0 Å². The van der Waals surface area contributed by atoms with Gasteiger partial charge in [0, 0.05) is 67.2 Å². The van der Waals surface area contributed by atoms with Gasteiger partial charge in [-0.3, -0.25) is 0 Å². The fourth-order valence-corrected chi connectivity index (χ4v) is 12.3. The van der Waals surface area contributed by atoms with Gasteiger partial charge in [0.25, 0.3) is 6.71 Å². The summed E-state index contributed by atoms with van der Waals surface area (Å²) in [6.45, 7) is 4.46. The van der Waals surface area contributed by atoms with E-state index in [4.69, 9.17) is 9.97 Å². The third kappa shape index (κ3) is 7.48. The zero-order valence-electron chi connectivity index (χ0n) is 43.2. The maximum Gasteiger partial charge on any atom is 0.252 e. The van der Waals surface area contributed by atoms with Crippen molar-refractivity contribution in [3.8, 4) is 61.8 Å². The van der Waals surface area contributed by atoms with Crippen LogP contribution in [0.15, 0.2) is 267 Å². The maximum atomic E-state index is 5.28. The van der Waals surface area contributed by atoms with Crippen molar-refractivity contribution in [3.05, 3.63) is 278 Å². The van der Waals surface area contributed by atoms with Crippen molar-refractivity contribution < 1.29 is 0 Å². The predicted molar refractivity (Wildman–Crippen MR) is 327 cm³/mol. The minimum Gasteiger partial charge on any atom is -0.311 e. The van der Waals surface area contributed by atoms with E-state index in [1.807, 2.05) is 24.3 Å². The summed E-state index contributed by atoms with van der Waals surface area (Å²) in [4.78, 5) is 15.3. The second kappa shape index (κ2) is 18.4. The summed E-state index contributed by atoms with van der Waals surface area (Å²) < 4.78 is 2.45. The highest BCUT2D eigenvalue weighted by Gasteiger charge is 2.42. The molecule has 0 aliphatic carbocycles. The molecule has 0 spiro atoms. The molecular weight excluding hydrogens is 946 g/mol. The van der Waals surface area contributed by atoms with Crippen LogP contribution in [0.1, 0.15) is 11.1 Å². The molecule has 0 fully saturated rings. The van der Waals surface area contributed by atoms with Crippen molar-refractivity contribution in [1.29, 1.82) is 0 Å². The number of aryl methyl sites for hydroxylation is 2. The lowest BCUT2D eigenvalue weighted by atomic mass is 9.33. The summed E-state index contributed by atoms with van der Waals surface area (Å²) in [5.41, 5.74) is 26.3. The highest BCUT2D eigenvalue weighted by atomic mass is 15.2. The monoisotopic (exact) mass is 995 g/mol. The lowest BCUT2D eigenvalue weighted by Gasteiger charge is -2.44. The molecule has 2 aliphatic rings. The Kier molecular flexibility index (Phi) is 10.7. The molecule has 0 saturated heterocycles. The molecule has 2 aromatic heterocycles. The topological polar surface area (TPSA) is 37.2 Å². The Morgan fingerprint density at radius 1 is 0.321 bits per heavy atom. The van der Waals surface area contributed by atoms with Gasteiger partial charge in [0.15, 0.2) is 5.82 Å². The maximum absolute atomic E-state index is 5.28. The van der Waals surface area contributed by atoms with Gasteiger partial charge >= 0.3 is 0 Å². The Hall–Kier alpha value is -10.0. The first-order chi connectivity index (χ1) is 38.5. The fourth-order valence-electron chi connectivity index (χ4n) is 12.3. The standard InChI is InChI=1S/C72H50BN5/c1-47-29-40-65-58(43-47)59-44-48(2)30-41-66(59)78(65)64-42-37-54(63-46-62(52-17-6-3-7-18-52)74-72(75-63)53-19-8-4-9-20-53)45-57(64)51-33-31-49(32-34-51)50-35-38-56(39-36-50)77-68-26-15-13-24-61(68)73-60-23-12-14-25-67(60)76(55-21-10-5-11-22-55)69-27-16-28-70(77)71(69)73/h3-46H,1-2H3. The lowest BCUT2D eigenvalue weighted by molar-refractivity contribution is 1.17. The largest absolute Gasteiger partial charge is 0.311 e. The summed E-state index contributed by atoms with van der Waals surface area (Å²) >= 11 is 0. The normalized spacial score (nSPS) is 12.4. The average Bonchev–Trinajstić information content (AvgIpc) is 3.93. The molecule has 15 rings (SSSR count). The molecule has 0 radical (unpaired) electrons. The smallest absolute Gasteiger partial charge is 0.252 e. The van der Waals surface area contributed by atoms with Gasteiger partial charge in [-0.05, 0) is 138 Å². The molecule has 4 heterocycles. The lowest BCUT2D eigenvalue weighted by Crippen LogP contribution is -2.61. The summed E-state index contributed by atoms with van der Waals surface area (Å²) in [5.74, 6) is 0.693. The number of para-hydroxylation sites is 3. The van der Waals surface area contributed by atoms with Gasteiger partial charge in [-0.1, -0.05) is 187 Å². The number of anilines is 6. The molecule has 5 nitrogen and oxygen atoms in total. The van der Waals surface area contributed by atoms with Crippen LogP contribution < -0.4 is 26.2 Å². The van der Waals surface area contributed by atoms with E-state index in [1.165, 1.54) is 72.1 Å². The third-order valence-electron chi connectivity index (χ3n) is 15.9. The number of benzene rings is 11. The average molecular weight is 996 g/mol. The van der Waals surface area contributed by atoms with E-state index in [2.05, 4.69) is 271 Å². The second-order valence-electron chi connectivity index (χ2n) is 20.7. The molecule has 78 heavy (non-hydrogen) atoms. The van der Waals surface area contributed by atoms with Crippen LogP contribution in [0.2, 0.25) is 0 Å². The van der Waals surface area contributed by atoms with Gasteiger partial charge in [-0.15, -0.1) is 0 Å². The molecule has 13 aromatic rings. The number of fused-ring (bicyclic) bond motifs is 7. The van der Waals surface area contributed by atoms with E-state index in [0.717, 1.165) is 67.4 Å². The van der Waals surface area contributed by atoms with Gasteiger partial charge in [0.1, 0.15) is 0 Å². The first kappa shape index (κ1) is 45.4. The van der Waals surface area contributed by atoms with E-state index < -0.39 is 0 Å². The van der Waals surface area contributed by atoms with E-state index >= 15 is 0 Å². The van der Waals surface area contributed by atoms with E-state index in [9.17, 15) is 0 Å². The molecule has 0 atom stereocenters. The number of nitrogens with zero attached hydrogens (tertiary/aromatic N) is 5. The van der Waals surface area contributed by atoms with Gasteiger partial charge in [-0.25, -0.2) is 9.97 Å². The molecule has 2 aliphatic heterocycles. The van der Waals surface area contributed by atoms with Gasteiger partial charge in [0.05, 0.1) is 28.1 Å². The van der Waals surface area contributed by atoms with Crippen molar-refractivity contribution in [2.75, 3.05) is 9.80 Å². The SMILES string of the molecule is Cc1ccc2c(c1)c1cc(C)ccc1n2-c1ccc(-c2cc(-c3ccccc3)nc(-c3ccccc3)n2)cc1-c1ccc(-c2ccc(N3c4ccccc4B4c5ccccc5N(c5ccccc5)c5cccc3c54)cc2)cc1. The van der Waals surface area contributed by atoms with Crippen molar-refractivity contribution in [3.63, 3.8) is 0 Å². The number of aromatic nitrogens is 3. The minimum atomic E-state index is 0.0987. The van der Waals surface area contributed by atoms with Crippen molar-refractivity contribution in [1.82, 2.24) is 14.5 Å². The van der Waals surface area contributed by atoms with E-state index in [0.29, 0.717) is 5.82 Å². The zero-order chi connectivity index (χ0) is 51.8. The molecule has 0 saturated carbocycles. The molecule has 11 aromatic carbocycles. The number of hydrogen-bond donors (Lipinski definition) is 0. The van der Waals surface area contributed by atoms with Gasteiger partial charge < -0.3 is 14.4 Å². The minimum absolute atomic E-state index is 0.0987. The van der Waals surface area contributed by atoms with Crippen LogP contribution in [0.25, 0.3) is 83.6 Å². The summed E-state index contributed by atoms with van der Waals surface area (Å²) in [7, 11) is 0. The van der Waals surface area contributed by atoms with Crippen LogP contribution in [0, 0.1) is 13.8 Å². The number of rotatable bonds is 8. The fraction of sp³-hybridized carbons (Fsp3) is 0.0278. The Labute approximate surface area is 454 Å². The zero-order valence-corrected chi connectivity index (χ0v) is 43.2. The second-order valence-corrected chi connectivity index (χ2v) is 20.7. The van der Waals surface area contributed by atoms with E-state index in [1.54, 1.807) is 0 Å². The Morgan fingerprint density at radius 2 is 0.782 bits per heavy atom. The Balaban J connectivity index is 0.843. The highest BCUT2D eigenvalue weighted by Crippen LogP contribution is 2.45. The third-order valence-corrected chi connectivity index (χ3v) is 15.9. The summed E-state index contributed by atoms with van der Waals surface area (Å²) in [5, 5.41) is 2.50. The van der Waals surface area contributed by atoms with Crippen molar-refractivity contribution in [2.45, 2.75) is 13.8 Å². The predicted octanol–water partition coefficient (Wildman–Crippen LogP) is 16.6. The molecule has 0 unspecified atom stereocenters. The molecule has 366 valence electrons. The van der Waals surface area contributed by atoms with Gasteiger partial charge in [0.2, 0.25) is 0 Å². The van der Waals surface area contributed by atoms with Crippen LogP contribution >= 0.6 is 0 Å². The molecule has 0 amide bonds. The van der Waals surface area contributed by atoms with Crippen molar-refractivity contribution in [2.24, 2.45) is 0 Å². The molecule has 6 heteroatoms. The van der Waals surface area contributed by atoms with Crippen molar-refractivity contribution >= 4 is 79.0 Å². The molecule has 0 bridgehead atoms.